The maximum atomic E-state index is 13.9. The molecule has 5 rings (SSSR count). The molecule has 3 atom stereocenters. The minimum Gasteiger partial charge on any atom is -0.357 e. The van der Waals surface area contributed by atoms with Crippen LogP contribution in [0.15, 0.2) is 42.6 Å². The molecular formula is C26H26Cl2N6O3. The fourth-order valence-corrected chi connectivity index (χ4v) is 5.34. The zero-order valence-corrected chi connectivity index (χ0v) is 22.1. The Labute approximate surface area is 224 Å². The van der Waals surface area contributed by atoms with E-state index in [4.69, 9.17) is 28.3 Å². The fraction of sp³-hybridized carbons (Fsp3) is 0.346. The van der Waals surface area contributed by atoms with Gasteiger partial charge in [0, 0.05) is 36.8 Å². The van der Waals surface area contributed by atoms with Gasteiger partial charge in [-0.25, -0.2) is 4.68 Å². The monoisotopic (exact) mass is 540 g/mol. The molecule has 1 N–H and O–H groups in total. The summed E-state index contributed by atoms with van der Waals surface area (Å²) in [6.45, 7) is 4.17. The lowest BCUT2D eigenvalue weighted by Crippen LogP contribution is -2.49. The summed E-state index contributed by atoms with van der Waals surface area (Å²) in [5, 5.41) is 8.07. The van der Waals surface area contributed by atoms with Gasteiger partial charge in [0.2, 0.25) is 5.91 Å². The number of hydrogen-bond acceptors (Lipinski definition) is 5. The van der Waals surface area contributed by atoms with Gasteiger partial charge in [0.15, 0.2) is 0 Å². The number of nitrogens with one attached hydrogen (secondary N) is 1. The molecule has 0 spiro atoms. The van der Waals surface area contributed by atoms with Crippen LogP contribution in [0.3, 0.4) is 0 Å². The largest absolute Gasteiger partial charge is 0.357 e. The molecule has 0 unspecified atom stereocenters. The van der Waals surface area contributed by atoms with E-state index in [1.165, 1.54) is 4.68 Å². The highest BCUT2D eigenvalue weighted by molar-refractivity contribution is 6.42. The summed E-state index contributed by atoms with van der Waals surface area (Å²) in [7, 11) is 1.56. The van der Waals surface area contributed by atoms with E-state index in [1.807, 2.05) is 32.0 Å². The van der Waals surface area contributed by atoms with E-state index in [0.29, 0.717) is 33.3 Å². The van der Waals surface area contributed by atoms with Crippen LogP contribution < -0.4 is 5.32 Å². The molecule has 0 aliphatic carbocycles. The van der Waals surface area contributed by atoms with E-state index in [2.05, 4.69) is 10.3 Å². The first kappa shape index (κ1) is 25.2. The molecule has 2 aliphatic heterocycles. The van der Waals surface area contributed by atoms with Gasteiger partial charge in [0.05, 0.1) is 40.6 Å². The third-order valence-corrected chi connectivity index (χ3v) is 7.87. The average molecular weight is 541 g/mol. The van der Waals surface area contributed by atoms with Crippen LogP contribution >= 0.6 is 23.2 Å². The van der Waals surface area contributed by atoms with Crippen molar-refractivity contribution in [3.05, 3.63) is 80.8 Å². The number of amides is 3. The number of hydrogen-bond donors (Lipinski definition) is 1. The molecule has 2 aromatic heterocycles. The van der Waals surface area contributed by atoms with Gasteiger partial charge in [-0.05, 0) is 44.2 Å². The smallest absolute Gasteiger partial charge is 0.273 e. The SMILES string of the molecule is CNC(=O)[C@@H]1CN([C@@H](C)c2ccccn2)C(=O)c2c3c(nn21)C[C@@H](C)N(C(=O)c1ccc(Cl)c(Cl)c1)C3. The van der Waals surface area contributed by atoms with Crippen molar-refractivity contribution in [1.82, 2.24) is 29.9 Å². The standard InChI is InChI=1S/C26H26Cl2N6O3/c1-14-10-21-17(12-32(14)25(36)16-7-8-18(27)19(28)11-16)23-26(37)33(15(2)20-6-4-5-9-30-20)13-22(24(35)29-3)34(23)31-21/h4-9,11,14-15,22H,10,12-13H2,1-3H3,(H,29,35)/t14-,15+,22+/m1/s1. The number of aromatic nitrogens is 3. The van der Waals surface area contributed by atoms with Crippen molar-refractivity contribution >= 4 is 40.9 Å². The van der Waals surface area contributed by atoms with E-state index in [-0.39, 0.29) is 42.9 Å². The molecule has 3 aromatic rings. The average Bonchev–Trinajstić information content (AvgIpc) is 3.27. The lowest BCUT2D eigenvalue weighted by atomic mass is 9.96. The van der Waals surface area contributed by atoms with Crippen LogP contribution in [0.25, 0.3) is 0 Å². The predicted octanol–water partition coefficient (Wildman–Crippen LogP) is 3.68. The summed E-state index contributed by atoms with van der Waals surface area (Å²) in [5.74, 6) is -0.714. The number of carbonyl (C=O) groups excluding carboxylic acids is 3. The summed E-state index contributed by atoms with van der Waals surface area (Å²) in [5.41, 5.74) is 2.83. The first-order chi connectivity index (χ1) is 17.7. The molecule has 11 heteroatoms. The van der Waals surface area contributed by atoms with Gasteiger partial charge in [-0.15, -0.1) is 0 Å². The fourth-order valence-electron chi connectivity index (χ4n) is 5.04. The Morgan fingerprint density at radius 2 is 1.95 bits per heavy atom. The Kier molecular flexibility index (Phi) is 6.68. The molecule has 192 valence electrons. The zero-order valence-electron chi connectivity index (χ0n) is 20.6. The minimum absolute atomic E-state index is 0.158. The Bertz CT molecular complexity index is 1390. The Balaban J connectivity index is 1.54. The molecule has 0 radical (unpaired) electrons. The first-order valence-electron chi connectivity index (χ1n) is 12.0. The minimum atomic E-state index is -0.705. The van der Waals surface area contributed by atoms with Gasteiger partial charge < -0.3 is 15.1 Å². The number of nitrogens with zero attached hydrogens (tertiary/aromatic N) is 5. The van der Waals surface area contributed by atoms with Gasteiger partial charge >= 0.3 is 0 Å². The Hall–Kier alpha value is -3.43. The number of benzene rings is 1. The summed E-state index contributed by atoms with van der Waals surface area (Å²) in [6.07, 6.45) is 2.13. The normalized spacial score (nSPS) is 19.8. The summed E-state index contributed by atoms with van der Waals surface area (Å²) >= 11 is 12.2. The van der Waals surface area contributed by atoms with Gasteiger partial charge in [0.1, 0.15) is 11.7 Å². The highest BCUT2D eigenvalue weighted by Gasteiger charge is 2.43. The lowest BCUT2D eigenvalue weighted by molar-refractivity contribution is -0.125. The number of pyridine rings is 1. The molecule has 3 amide bonds. The number of rotatable bonds is 4. The van der Waals surface area contributed by atoms with Crippen LogP contribution in [0.4, 0.5) is 0 Å². The maximum Gasteiger partial charge on any atom is 0.273 e. The van der Waals surface area contributed by atoms with Gasteiger partial charge in [0.25, 0.3) is 11.8 Å². The molecule has 4 heterocycles. The van der Waals surface area contributed by atoms with E-state index < -0.39 is 6.04 Å². The van der Waals surface area contributed by atoms with E-state index in [9.17, 15) is 14.4 Å². The van der Waals surface area contributed by atoms with Crippen molar-refractivity contribution in [2.24, 2.45) is 0 Å². The van der Waals surface area contributed by atoms with Gasteiger partial charge in [-0.3, -0.25) is 19.4 Å². The van der Waals surface area contributed by atoms with E-state index in [0.717, 1.165) is 11.4 Å². The molecular weight excluding hydrogens is 515 g/mol. The van der Waals surface area contributed by atoms with Crippen LogP contribution in [0.1, 0.15) is 63.7 Å². The van der Waals surface area contributed by atoms with Crippen molar-refractivity contribution in [3.63, 3.8) is 0 Å². The van der Waals surface area contributed by atoms with Crippen LogP contribution in [-0.2, 0) is 17.8 Å². The molecule has 0 saturated heterocycles. The second-order valence-corrected chi connectivity index (χ2v) is 10.2. The van der Waals surface area contributed by atoms with Crippen molar-refractivity contribution in [2.75, 3.05) is 13.6 Å². The van der Waals surface area contributed by atoms with Crippen LogP contribution in [0, 0.1) is 0 Å². The van der Waals surface area contributed by atoms with Crippen LogP contribution in [-0.4, -0.2) is 61.9 Å². The molecule has 0 bridgehead atoms. The van der Waals surface area contributed by atoms with Gasteiger partial charge in [-0.1, -0.05) is 29.3 Å². The Morgan fingerprint density at radius 3 is 2.62 bits per heavy atom. The quantitative estimate of drug-likeness (QED) is 0.544. The number of fused-ring (bicyclic) bond motifs is 3. The highest BCUT2D eigenvalue weighted by atomic mass is 35.5. The van der Waals surface area contributed by atoms with E-state index >= 15 is 0 Å². The summed E-state index contributed by atoms with van der Waals surface area (Å²) in [6, 6.07) is 9.06. The lowest BCUT2D eigenvalue weighted by Gasteiger charge is -2.37. The molecule has 37 heavy (non-hydrogen) atoms. The summed E-state index contributed by atoms with van der Waals surface area (Å²) < 4.78 is 1.54. The van der Waals surface area contributed by atoms with Crippen LogP contribution in [0.5, 0.6) is 0 Å². The third kappa shape index (κ3) is 4.36. The van der Waals surface area contributed by atoms with Crippen molar-refractivity contribution in [2.45, 2.75) is 44.9 Å². The van der Waals surface area contributed by atoms with Crippen molar-refractivity contribution < 1.29 is 14.4 Å². The topological polar surface area (TPSA) is 100 Å². The van der Waals surface area contributed by atoms with Gasteiger partial charge in [-0.2, -0.15) is 5.10 Å². The molecule has 1 aromatic carbocycles. The molecule has 0 saturated carbocycles. The predicted molar refractivity (Wildman–Crippen MR) is 139 cm³/mol. The Morgan fingerprint density at radius 1 is 1.16 bits per heavy atom. The zero-order chi connectivity index (χ0) is 26.4. The molecule has 9 nitrogen and oxygen atoms in total. The summed E-state index contributed by atoms with van der Waals surface area (Å²) in [4.78, 5) is 48.1. The van der Waals surface area contributed by atoms with Crippen molar-refractivity contribution in [3.8, 4) is 0 Å². The second kappa shape index (κ2) is 9.79. The highest BCUT2D eigenvalue weighted by Crippen LogP contribution is 2.35. The second-order valence-electron chi connectivity index (χ2n) is 9.35. The van der Waals surface area contributed by atoms with Crippen LogP contribution in [0.2, 0.25) is 10.0 Å². The molecule has 2 aliphatic rings. The number of halogens is 2. The maximum absolute atomic E-state index is 13.9. The third-order valence-electron chi connectivity index (χ3n) is 7.13. The van der Waals surface area contributed by atoms with Crippen molar-refractivity contribution in [1.29, 1.82) is 0 Å². The first-order valence-corrected chi connectivity index (χ1v) is 12.8. The van der Waals surface area contributed by atoms with E-state index in [1.54, 1.807) is 41.2 Å². The number of likely N-dealkylation sites (N-methyl/N-ethyl adjacent to an activating group) is 1. The molecule has 0 fully saturated rings. The number of carbonyl (C=O) groups is 3.